The molecule has 1 unspecified atom stereocenters. The summed E-state index contributed by atoms with van der Waals surface area (Å²) in [7, 11) is 0. The van der Waals surface area contributed by atoms with Gasteiger partial charge < -0.3 is 9.47 Å². The summed E-state index contributed by atoms with van der Waals surface area (Å²) in [5, 5.41) is 0. The summed E-state index contributed by atoms with van der Waals surface area (Å²) in [6.07, 6.45) is -0.329. The number of hydrogen-bond acceptors (Lipinski definition) is 5. The minimum Gasteiger partial charge on any atom is -0.376 e. The monoisotopic (exact) mass is 326 g/mol. The van der Waals surface area contributed by atoms with E-state index in [1.165, 1.54) is 24.3 Å². The Morgan fingerprint density at radius 3 is 2.48 bits per heavy atom. The molecule has 2 heterocycles. The molecular weight excluding hydrogens is 311 g/mol. The van der Waals surface area contributed by atoms with Crippen LogP contribution < -0.4 is 0 Å². The van der Waals surface area contributed by atoms with Gasteiger partial charge in [0.15, 0.2) is 5.78 Å². The van der Waals surface area contributed by atoms with Crippen LogP contribution in [0.25, 0.3) is 0 Å². The topological polar surface area (TPSA) is 35.5 Å². The van der Waals surface area contributed by atoms with E-state index in [-0.39, 0.29) is 17.7 Å². The van der Waals surface area contributed by atoms with Crippen molar-refractivity contribution in [1.29, 1.82) is 0 Å². The largest absolute Gasteiger partial charge is 0.376 e. The van der Waals surface area contributed by atoms with Crippen molar-refractivity contribution in [1.82, 2.24) is 0 Å². The number of ether oxygens (including phenoxy) is 2. The third kappa shape index (κ3) is 3.51. The maximum absolute atomic E-state index is 13.0. The molecule has 0 saturated carbocycles. The second-order valence-corrected chi connectivity index (χ2v) is 7.14. The smallest absolute Gasteiger partial charge is 0.193 e. The number of rotatable bonds is 3. The van der Waals surface area contributed by atoms with Gasteiger partial charge in [0.2, 0.25) is 0 Å². The van der Waals surface area contributed by atoms with Gasteiger partial charge in [0.1, 0.15) is 11.9 Å². The second kappa shape index (κ2) is 6.96. The molecule has 0 spiro atoms. The summed E-state index contributed by atoms with van der Waals surface area (Å²) >= 11 is 3.36. The molecule has 112 valence electrons. The maximum atomic E-state index is 13.0. The van der Waals surface area contributed by atoms with Crippen LogP contribution in [-0.4, -0.2) is 43.2 Å². The van der Waals surface area contributed by atoms with Crippen LogP contribution in [0.3, 0.4) is 0 Å². The molecule has 3 rings (SSSR count). The van der Waals surface area contributed by atoms with E-state index in [0.29, 0.717) is 31.0 Å². The molecule has 2 aliphatic rings. The van der Waals surface area contributed by atoms with E-state index in [1.807, 2.05) is 0 Å². The van der Waals surface area contributed by atoms with Gasteiger partial charge in [-0.2, -0.15) is 0 Å². The van der Waals surface area contributed by atoms with Crippen molar-refractivity contribution in [3.05, 3.63) is 45.5 Å². The molecule has 2 fully saturated rings. The van der Waals surface area contributed by atoms with Crippen LogP contribution >= 0.6 is 23.5 Å². The summed E-state index contributed by atoms with van der Waals surface area (Å²) in [5.41, 5.74) is 1.15. The molecule has 1 atom stereocenters. The Labute approximate surface area is 131 Å². The molecule has 0 N–H and O–H groups in total. The van der Waals surface area contributed by atoms with Gasteiger partial charge in [0.05, 0.1) is 25.4 Å². The Hall–Kier alpha value is -0.820. The predicted octanol–water partition coefficient (Wildman–Crippen LogP) is 3.12. The van der Waals surface area contributed by atoms with E-state index in [0.717, 1.165) is 15.7 Å². The highest BCUT2D eigenvalue weighted by atomic mass is 32.2. The molecule has 0 aromatic heterocycles. The van der Waals surface area contributed by atoms with Crippen LogP contribution in [0.5, 0.6) is 0 Å². The second-order valence-electron chi connectivity index (χ2n) is 4.67. The Morgan fingerprint density at radius 2 is 1.86 bits per heavy atom. The molecular formula is C15H15FO3S2. The van der Waals surface area contributed by atoms with Crippen molar-refractivity contribution in [2.24, 2.45) is 0 Å². The number of Topliss-reactive ketones (excluding diaryl/α,β-unsaturated/α-hetero) is 1. The highest BCUT2D eigenvalue weighted by Gasteiger charge is 2.30. The fraction of sp³-hybridized carbons (Fsp3) is 0.400. The van der Waals surface area contributed by atoms with Crippen molar-refractivity contribution in [2.75, 3.05) is 31.3 Å². The van der Waals surface area contributed by atoms with Crippen molar-refractivity contribution in [3.63, 3.8) is 0 Å². The van der Waals surface area contributed by atoms with E-state index in [9.17, 15) is 9.18 Å². The van der Waals surface area contributed by atoms with Crippen LogP contribution in [0.15, 0.2) is 34.1 Å². The third-order valence-electron chi connectivity index (χ3n) is 3.26. The lowest BCUT2D eigenvalue weighted by Crippen LogP contribution is -2.33. The van der Waals surface area contributed by atoms with E-state index in [2.05, 4.69) is 0 Å². The van der Waals surface area contributed by atoms with E-state index < -0.39 is 0 Å². The molecule has 1 aromatic rings. The Morgan fingerprint density at radius 1 is 1.14 bits per heavy atom. The molecule has 0 radical (unpaired) electrons. The average Bonchev–Trinajstić information content (AvgIpc) is 3.03. The van der Waals surface area contributed by atoms with Crippen LogP contribution in [0.4, 0.5) is 4.39 Å². The summed E-state index contributed by atoms with van der Waals surface area (Å²) in [6.45, 7) is 1.45. The Balaban J connectivity index is 1.92. The molecule has 2 aliphatic heterocycles. The Bertz CT molecular complexity index is 543. The average molecular weight is 326 g/mol. The van der Waals surface area contributed by atoms with Crippen LogP contribution in [0.1, 0.15) is 10.4 Å². The molecule has 2 saturated heterocycles. The number of halogens is 1. The van der Waals surface area contributed by atoms with Gasteiger partial charge in [0, 0.05) is 21.3 Å². The van der Waals surface area contributed by atoms with Crippen molar-refractivity contribution in [2.45, 2.75) is 6.10 Å². The zero-order valence-corrected chi connectivity index (χ0v) is 13.0. The van der Waals surface area contributed by atoms with Gasteiger partial charge in [0.25, 0.3) is 0 Å². The Kier molecular flexibility index (Phi) is 5.00. The lowest BCUT2D eigenvalue weighted by molar-refractivity contribution is -0.0712. The number of ketones is 1. The standard InChI is InChI=1S/C15H15FO3S2/c16-11-3-1-10(2-4-11)14(17)13(15-20-7-8-21-15)12-9-18-5-6-19-12/h1-4,12H,5-9H2. The van der Waals surface area contributed by atoms with Crippen molar-refractivity contribution < 1.29 is 18.7 Å². The first-order chi connectivity index (χ1) is 10.3. The fourth-order valence-corrected chi connectivity index (χ4v) is 4.88. The molecule has 0 aliphatic carbocycles. The first-order valence-corrected chi connectivity index (χ1v) is 8.72. The van der Waals surface area contributed by atoms with Gasteiger partial charge in [-0.3, -0.25) is 4.79 Å². The summed E-state index contributed by atoms with van der Waals surface area (Å²) in [6, 6.07) is 5.66. The number of hydrogen-bond donors (Lipinski definition) is 0. The quantitative estimate of drug-likeness (QED) is 0.630. The first-order valence-electron chi connectivity index (χ1n) is 6.75. The predicted molar refractivity (Wildman–Crippen MR) is 83.2 cm³/mol. The van der Waals surface area contributed by atoms with E-state index in [4.69, 9.17) is 9.47 Å². The first kappa shape index (κ1) is 15.1. The third-order valence-corrected chi connectivity index (χ3v) is 6.00. The number of benzene rings is 1. The van der Waals surface area contributed by atoms with Crippen LogP contribution in [0.2, 0.25) is 0 Å². The molecule has 21 heavy (non-hydrogen) atoms. The molecule has 3 nitrogen and oxygen atoms in total. The van der Waals surface area contributed by atoms with Crippen molar-refractivity contribution >= 4 is 29.3 Å². The lowest BCUT2D eigenvalue weighted by atomic mass is 10.00. The highest BCUT2D eigenvalue weighted by molar-refractivity contribution is 8.25. The minimum atomic E-state index is -0.345. The normalized spacial score (nSPS) is 22.3. The van der Waals surface area contributed by atoms with E-state index >= 15 is 0 Å². The number of thioether (sulfide) groups is 2. The maximum Gasteiger partial charge on any atom is 0.193 e. The summed E-state index contributed by atoms with van der Waals surface area (Å²) < 4.78 is 25.2. The van der Waals surface area contributed by atoms with E-state index in [1.54, 1.807) is 23.5 Å². The van der Waals surface area contributed by atoms with Gasteiger partial charge >= 0.3 is 0 Å². The fourth-order valence-electron chi connectivity index (χ4n) is 2.25. The van der Waals surface area contributed by atoms with Gasteiger partial charge in [-0.1, -0.05) is 0 Å². The van der Waals surface area contributed by atoms with Crippen LogP contribution in [-0.2, 0) is 9.47 Å². The highest BCUT2D eigenvalue weighted by Crippen LogP contribution is 2.41. The number of carbonyl (C=O) groups excluding carboxylic acids is 1. The zero-order valence-electron chi connectivity index (χ0n) is 11.3. The van der Waals surface area contributed by atoms with Gasteiger partial charge in [-0.05, 0) is 24.3 Å². The SMILES string of the molecule is O=C(C(=C1SCCS1)C1COCCO1)c1ccc(F)cc1. The molecule has 0 amide bonds. The molecule has 0 bridgehead atoms. The molecule has 1 aromatic carbocycles. The van der Waals surface area contributed by atoms with Gasteiger partial charge in [-0.15, -0.1) is 23.5 Å². The van der Waals surface area contributed by atoms with Crippen molar-refractivity contribution in [3.8, 4) is 0 Å². The summed E-state index contributed by atoms with van der Waals surface area (Å²) in [4.78, 5) is 12.8. The lowest BCUT2D eigenvalue weighted by Gasteiger charge is -2.25. The minimum absolute atomic E-state index is 0.0950. The summed E-state index contributed by atoms with van der Waals surface area (Å²) in [5.74, 6) is 1.55. The number of carbonyl (C=O) groups is 1. The zero-order chi connectivity index (χ0) is 14.7. The molecule has 6 heteroatoms. The van der Waals surface area contributed by atoms with Gasteiger partial charge in [-0.25, -0.2) is 4.39 Å². The van der Waals surface area contributed by atoms with Crippen LogP contribution in [0, 0.1) is 5.82 Å².